The van der Waals surface area contributed by atoms with E-state index in [1.54, 1.807) is 7.11 Å². The molecule has 0 heterocycles. The van der Waals surface area contributed by atoms with Crippen LogP contribution < -0.4 is 4.74 Å². The van der Waals surface area contributed by atoms with Gasteiger partial charge in [0.15, 0.2) is 5.78 Å². The highest BCUT2D eigenvalue weighted by molar-refractivity contribution is 5.99. The van der Waals surface area contributed by atoms with Crippen LogP contribution in [-0.4, -0.2) is 25.1 Å². The van der Waals surface area contributed by atoms with Crippen molar-refractivity contribution >= 4 is 5.78 Å². The molecule has 1 aliphatic rings. The Bertz CT molecular complexity index is 422. The van der Waals surface area contributed by atoms with Crippen LogP contribution >= 0.6 is 0 Å². The van der Waals surface area contributed by atoms with Gasteiger partial charge in [-0.2, -0.15) is 0 Å². The Labute approximate surface area is 108 Å². The molecule has 0 aliphatic heterocycles. The number of hydrogen-bond donors (Lipinski definition) is 0. The molecule has 0 spiro atoms. The van der Waals surface area contributed by atoms with Gasteiger partial charge in [-0.25, -0.2) is 0 Å². The zero-order chi connectivity index (χ0) is 13.1. The Morgan fingerprint density at radius 3 is 2.61 bits per heavy atom. The number of benzene rings is 1. The third kappa shape index (κ3) is 3.10. The van der Waals surface area contributed by atoms with Gasteiger partial charge in [-0.1, -0.05) is 26.0 Å². The van der Waals surface area contributed by atoms with Crippen molar-refractivity contribution in [1.29, 1.82) is 0 Å². The second-order valence-corrected chi connectivity index (χ2v) is 5.11. The molecular weight excluding hydrogens is 228 g/mol. The van der Waals surface area contributed by atoms with E-state index in [4.69, 9.17) is 9.47 Å². The van der Waals surface area contributed by atoms with Gasteiger partial charge in [0.25, 0.3) is 0 Å². The standard InChI is InChI=1S/C15H20O3/c1-10(2)15(17-3)14(16)11-5-4-6-13(9-11)18-12-7-8-12/h4-6,9-10,12,15H,7-8H2,1-3H3. The van der Waals surface area contributed by atoms with E-state index in [0.29, 0.717) is 11.7 Å². The summed E-state index contributed by atoms with van der Waals surface area (Å²) in [6.45, 7) is 3.97. The summed E-state index contributed by atoms with van der Waals surface area (Å²) in [5, 5.41) is 0. The molecule has 1 saturated carbocycles. The fraction of sp³-hybridized carbons (Fsp3) is 0.533. The topological polar surface area (TPSA) is 35.5 Å². The molecule has 0 amide bonds. The molecule has 18 heavy (non-hydrogen) atoms. The molecular formula is C15H20O3. The van der Waals surface area contributed by atoms with Gasteiger partial charge in [0.05, 0.1) is 6.10 Å². The average Bonchev–Trinajstić information content (AvgIpc) is 3.13. The first-order valence-corrected chi connectivity index (χ1v) is 6.45. The molecule has 0 saturated heterocycles. The van der Waals surface area contributed by atoms with Crippen LogP contribution in [-0.2, 0) is 4.74 Å². The van der Waals surface area contributed by atoms with Crippen molar-refractivity contribution in [3.05, 3.63) is 29.8 Å². The van der Waals surface area contributed by atoms with Crippen LogP contribution in [0, 0.1) is 5.92 Å². The van der Waals surface area contributed by atoms with E-state index < -0.39 is 0 Å². The molecule has 0 N–H and O–H groups in total. The Morgan fingerprint density at radius 2 is 2.06 bits per heavy atom. The number of ketones is 1. The molecule has 1 aromatic carbocycles. The van der Waals surface area contributed by atoms with E-state index in [0.717, 1.165) is 18.6 Å². The first-order chi connectivity index (χ1) is 8.61. The number of methoxy groups -OCH3 is 1. The van der Waals surface area contributed by atoms with Gasteiger partial charge < -0.3 is 9.47 Å². The SMILES string of the molecule is COC(C(=O)c1cccc(OC2CC2)c1)C(C)C. The third-order valence-electron chi connectivity index (χ3n) is 3.06. The normalized spacial score (nSPS) is 16.7. The van der Waals surface area contributed by atoms with Crippen molar-refractivity contribution in [3.63, 3.8) is 0 Å². The highest BCUT2D eigenvalue weighted by atomic mass is 16.5. The van der Waals surface area contributed by atoms with E-state index >= 15 is 0 Å². The molecule has 1 aromatic rings. The minimum Gasteiger partial charge on any atom is -0.490 e. The summed E-state index contributed by atoms with van der Waals surface area (Å²) in [4.78, 5) is 12.3. The molecule has 1 atom stereocenters. The maximum Gasteiger partial charge on any atom is 0.191 e. The summed E-state index contributed by atoms with van der Waals surface area (Å²) in [6, 6.07) is 7.38. The number of hydrogen-bond acceptors (Lipinski definition) is 3. The van der Waals surface area contributed by atoms with Gasteiger partial charge in [0.1, 0.15) is 11.9 Å². The average molecular weight is 248 g/mol. The monoisotopic (exact) mass is 248 g/mol. The van der Waals surface area contributed by atoms with Crippen molar-refractivity contribution in [2.24, 2.45) is 5.92 Å². The highest BCUT2D eigenvalue weighted by Crippen LogP contribution is 2.27. The van der Waals surface area contributed by atoms with Crippen molar-refractivity contribution in [2.75, 3.05) is 7.11 Å². The lowest BCUT2D eigenvalue weighted by Crippen LogP contribution is -2.28. The first kappa shape index (κ1) is 13.1. The van der Waals surface area contributed by atoms with Crippen LogP contribution in [0.1, 0.15) is 37.0 Å². The van der Waals surface area contributed by atoms with Gasteiger partial charge in [0.2, 0.25) is 0 Å². The molecule has 1 unspecified atom stereocenters. The summed E-state index contributed by atoms with van der Waals surface area (Å²) in [7, 11) is 1.58. The van der Waals surface area contributed by atoms with Crippen molar-refractivity contribution in [2.45, 2.75) is 38.9 Å². The van der Waals surface area contributed by atoms with E-state index in [1.165, 1.54) is 0 Å². The van der Waals surface area contributed by atoms with Crippen LogP contribution in [0.5, 0.6) is 5.75 Å². The van der Waals surface area contributed by atoms with Crippen LogP contribution in [0.25, 0.3) is 0 Å². The quantitative estimate of drug-likeness (QED) is 0.726. The molecule has 3 nitrogen and oxygen atoms in total. The lowest BCUT2D eigenvalue weighted by Gasteiger charge is -2.18. The molecule has 0 aromatic heterocycles. The van der Waals surface area contributed by atoms with Crippen molar-refractivity contribution in [1.82, 2.24) is 0 Å². The summed E-state index contributed by atoms with van der Waals surface area (Å²) < 4.78 is 11.0. The van der Waals surface area contributed by atoms with Gasteiger partial charge >= 0.3 is 0 Å². The number of carbonyl (C=O) groups is 1. The van der Waals surface area contributed by atoms with Gasteiger partial charge in [-0.15, -0.1) is 0 Å². The maximum absolute atomic E-state index is 12.3. The Balaban J connectivity index is 2.13. The fourth-order valence-electron chi connectivity index (χ4n) is 1.95. The number of ether oxygens (including phenoxy) is 2. The van der Waals surface area contributed by atoms with Crippen LogP contribution in [0.2, 0.25) is 0 Å². The summed E-state index contributed by atoms with van der Waals surface area (Å²) in [5.74, 6) is 0.964. The highest BCUT2D eigenvalue weighted by Gasteiger charge is 2.25. The Kier molecular flexibility index (Phi) is 4.02. The van der Waals surface area contributed by atoms with Crippen molar-refractivity contribution < 1.29 is 14.3 Å². The molecule has 1 aliphatic carbocycles. The predicted octanol–water partition coefficient (Wildman–Crippen LogP) is 3.08. The number of rotatable bonds is 6. The minimum absolute atomic E-state index is 0.0220. The largest absolute Gasteiger partial charge is 0.490 e. The zero-order valence-electron chi connectivity index (χ0n) is 11.2. The second kappa shape index (κ2) is 5.53. The number of carbonyl (C=O) groups excluding carboxylic acids is 1. The minimum atomic E-state index is -0.388. The van der Waals surface area contributed by atoms with Gasteiger partial charge in [0, 0.05) is 12.7 Å². The summed E-state index contributed by atoms with van der Waals surface area (Å²) >= 11 is 0. The second-order valence-electron chi connectivity index (χ2n) is 5.11. The van der Waals surface area contributed by atoms with E-state index in [2.05, 4.69) is 0 Å². The Hall–Kier alpha value is -1.35. The van der Waals surface area contributed by atoms with Crippen LogP contribution in [0.15, 0.2) is 24.3 Å². The molecule has 2 rings (SSSR count). The third-order valence-corrected chi connectivity index (χ3v) is 3.06. The number of Topliss-reactive ketones (excluding diaryl/α,β-unsaturated/α-hetero) is 1. The summed E-state index contributed by atoms with van der Waals surface area (Å²) in [6.07, 6.45) is 2.19. The lowest BCUT2D eigenvalue weighted by atomic mass is 9.97. The van der Waals surface area contributed by atoms with E-state index in [-0.39, 0.29) is 17.8 Å². The zero-order valence-corrected chi connectivity index (χ0v) is 11.2. The van der Waals surface area contributed by atoms with Gasteiger partial charge in [-0.3, -0.25) is 4.79 Å². The smallest absolute Gasteiger partial charge is 0.191 e. The van der Waals surface area contributed by atoms with E-state index in [1.807, 2.05) is 38.1 Å². The van der Waals surface area contributed by atoms with Crippen LogP contribution in [0.4, 0.5) is 0 Å². The maximum atomic E-state index is 12.3. The lowest BCUT2D eigenvalue weighted by molar-refractivity contribution is 0.0458. The first-order valence-electron chi connectivity index (χ1n) is 6.45. The molecule has 1 fully saturated rings. The fourth-order valence-corrected chi connectivity index (χ4v) is 1.95. The summed E-state index contributed by atoms with van der Waals surface area (Å²) in [5.41, 5.74) is 0.661. The molecule has 98 valence electrons. The van der Waals surface area contributed by atoms with E-state index in [9.17, 15) is 4.79 Å². The molecule has 0 bridgehead atoms. The van der Waals surface area contributed by atoms with Crippen LogP contribution in [0.3, 0.4) is 0 Å². The van der Waals surface area contributed by atoms with Crippen molar-refractivity contribution in [3.8, 4) is 5.75 Å². The Morgan fingerprint density at radius 1 is 1.33 bits per heavy atom. The van der Waals surface area contributed by atoms with Gasteiger partial charge in [-0.05, 0) is 30.9 Å². The predicted molar refractivity (Wildman–Crippen MR) is 70.1 cm³/mol. The molecule has 3 heteroatoms. The molecule has 0 radical (unpaired) electrons.